The largest absolute Gasteiger partial charge is 0.356 e. The number of guanidine groups is 1. The van der Waals surface area contributed by atoms with Gasteiger partial charge >= 0.3 is 0 Å². The van der Waals surface area contributed by atoms with Crippen LogP contribution in [-0.2, 0) is 16.4 Å². The minimum Gasteiger partial charge on any atom is -0.356 e. The van der Waals surface area contributed by atoms with Crippen LogP contribution in [0.15, 0.2) is 58.4 Å². The highest BCUT2D eigenvalue weighted by atomic mass is 127. The van der Waals surface area contributed by atoms with Crippen LogP contribution in [0.2, 0.25) is 0 Å². The molecule has 0 saturated carbocycles. The van der Waals surface area contributed by atoms with E-state index in [-0.39, 0.29) is 29.9 Å². The van der Waals surface area contributed by atoms with Crippen molar-refractivity contribution >= 4 is 45.7 Å². The number of aryl methyl sites for hydroxylation is 1. The Bertz CT molecular complexity index is 963. The number of nitrogens with one attached hydrogen (secondary N) is 3. The van der Waals surface area contributed by atoms with Gasteiger partial charge in [0.25, 0.3) is 5.91 Å². The Morgan fingerprint density at radius 2 is 1.67 bits per heavy atom. The summed E-state index contributed by atoms with van der Waals surface area (Å²) in [4.78, 5) is 16.5. The molecule has 0 fully saturated rings. The molecular formula is C21H29IN4O3S. The molecule has 0 atom stereocenters. The van der Waals surface area contributed by atoms with E-state index in [1.807, 2.05) is 24.3 Å². The Hall–Kier alpha value is -2.14. The molecule has 2 rings (SSSR count). The van der Waals surface area contributed by atoms with Crippen LogP contribution >= 0.6 is 24.0 Å². The second-order valence-corrected chi connectivity index (χ2v) is 8.68. The number of amides is 1. The van der Waals surface area contributed by atoms with Gasteiger partial charge in [-0.1, -0.05) is 30.3 Å². The smallest absolute Gasteiger partial charge is 0.251 e. The average molecular weight is 544 g/mol. The average Bonchev–Trinajstić information content (AvgIpc) is 2.69. The number of nitrogens with zero attached hydrogens (tertiary/aromatic N) is 1. The van der Waals surface area contributed by atoms with Gasteiger partial charge in [0.1, 0.15) is 0 Å². The first-order valence-electron chi connectivity index (χ1n) is 9.38. The maximum Gasteiger partial charge on any atom is 0.251 e. The van der Waals surface area contributed by atoms with Gasteiger partial charge in [-0.15, -0.1) is 24.0 Å². The number of rotatable bonds is 8. The summed E-state index contributed by atoms with van der Waals surface area (Å²) in [7, 11) is -1.53. The van der Waals surface area contributed by atoms with Crippen LogP contribution < -0.4 is 16.0 Å². The maximum atomic E-state index is 12.0. The normalized spacial score (nSPS) is 11.4. The monoisotopic (exact) mass is 544 g/mol. The molecule has 0 saturated heterocycles. The fourth-order valence-electron chi connectivity index (χ4n) is 2.83. The standard InChI is InChI=1S/C21H28N4O3S.HI/c1-16-14-17(10-11-19(16)29(3,27)28)15-25-21(22-2)24-13-7-12-23-20(26)18-8-5-4-6-9-18;/h4-6,8-11,14H,7,12-13,15H2,1-3H3,(H,23,26)(H2,22,24,25);1H. The van der Waals surface area contributed by atoms with Crippen molar-refractivity contribution in [3.8, 4) is 0 Å². The van der Waals surface area contributed by atoms with Crippen molar-refractivity contribution in [1.29, 1.82) is 0 Å². The summed E-state index contributed by atoms with van der Waals surface area (Å²) in [6.07, 6.45) is 1.96. The van der Waals surface area contributed by atoms with E-state index in [4.69, 9.17) is 0 Å². The predicted octanol–water partition coefficient (Wildman–Crippen LogP) is 2.50. The number of hydrogen-bond acceptors (Lipinski definition) is 4. The van der Waals surface area contributed by atoms with Crippen LogP contribution in [0.3, 0.4) is 0 Å². The number of aliphatic imine (C=N–C) groups is 1. The molecule has 0 aliphatic heterocycles. The number of carbonyl (C=O) groups is 1. The Labute approximate surface area is 195 Å². The maximum absolute atomic E-state index is 12.0. The van der Waals surface area contributed by atoms with E-state index in [1.54, 1.807) is 38.2 Å². The summed E-state index contributed by atoms with van der Waals surface area (Å²) in [5, 5.41) is 9.28. The Kier molecular flexibility index (Phi) is 10.8. The predicted molar refractivity (Wildman–Crippen MR) is 131 cm³/mol. The van der Waals surface area contributed by atoms with E-state index in [9.17, 15) is 13.2 Å². The highest BCUT2D eigenvalue weighted by Crippen LogP contribution is 2.16. The Morgan fingerprint density at radius 1 is 1.00 bits per heavy atom. The van der Waals surface area contributed by atoms with Gasteiger partial charge in [-0.3, -0.25) is 9.79 Å². The molecule has 30 heavy (non-hydrogen) atoms. The number of carbonyl (C=O) groups excluding carboxylic acids is 1. The summed E-state index contributed by atoms with van der Waals surface area (Å²) >= 11 is 0. The first kappa shape index (κ1) is 25.9. The van der Waals surface area contributed by atoms with E-state index >= 15 is 0 Å². The summed E-state index contributed by atoms with van der Waals surface area (Å²) < 4.78 is 23.4. The van der Waals surface area contributed by atoms with Crippen LogP contribution in [0.4, 0.5) is 0 Å². The molecule has 0 unspecified atom stereocenters. The van der Waals surface area contributed by atoms with Crippen molar-refractivity contribution in [2.75, 3.05) is 26.4 Å². The zero-order valence-corrected chi connectivity index (χ0v) is 20.6. The molecule has 0 bridgehead atoms. The molecule has 7 nitrogen and oxygen atoms in total. The molecule has 0 heterocycles. The molecule has 3 N–H and O–H groups in total. The topological polar surface area (TPSA) is 99.7 Å². The molecular weight excluding hydrogens is 515 g/mol. The third kappa shape index (κ3) is 8.31. The van der Waals surface area contributed by atoms with Crippen molar-refractivity contribution < 1.29 is 13.2 Å². The van der Waals surface area contributed by atoms with Crippen LogP contribution in [0, 0.1) is 6.92 Å². The zero-order valence-electron chi connectivity index (χ0n) is 17.4. The van der Waals surface area contributed by atoms with Crippen molar-refractivity contribution in [3.05, 3.63) is 65.2 Å². The van der Waals surface area contributed by atoms with Crippen molar-refractivity contribution in [2.45, 2.75) is 24.8 Å². The molecule has 1 amide bonds. The first-order chi connectivity index (χ1) is 13.8. The lowest BCUT2D eigenvalue weighted by Crippen LogP contribution is -2.38. The second-order valence-electron chi connectivity index (χ2n) is 6.70. The summed E-state index contributed by atoms with van der Waals surface area (Å²) in [6.45, 7) is 3.52. The molecule has 2 aromatic carbocycles. The van der Waals surface area contributed by atoms with E-state index in [1.165, 1.54) is 6.26 Å². The lowest BCUT2D eigenvalue weighted by Gasteiger charge is -2.13. The SMILES string of the molecule is CN=C(NCCCNC(=O)c1ccccc1)NCc1ccc(S(C)(=O)=O)c(C)c1.I. The fraction of sp³-hybridized carbons (Fsp3) is 0.333. The lowest BCUT2D eigenvalue weighted by molar-refractivity contribution is 0.0953. The van der Waals surface area contributed by atoms with Crippen molar-refractivity contribution in [3.63, 3.8) is 0 Å². The Morgan fingerprint density at radius 3 is 2.27 bits per heavy atom. The summed E-state index contributed by atoms with van der Waals surface area (Å²) in [5.41, 5.74) is 2.34. The zero-order chi connectivity index (χ0) is 21.3. The van der Waals surface area contributed by atoms with Gasteiger partial charge in [0.15, 0.2) is 15.8 Å². The van der Waals surface area contributed by atoms with E-state index < -0.39 is 9.84 Å². The minimum absolute atomic E-state index is 0. The summed E-state index contributed by atoms with van der Waals surface area (Å²) in [6, 6.07) is 14.4. The quantitative estimate of drug-likeness (QED) is 0.205. The molecule has 2 aromatic rings. The highest BCUT2D eigenvalue weighted by Gasteiger charge is 2.11. The van der Waals surface area contributed by atoms with Gasteiger partial charge in [0.05, 0.1) is 4.90 Å². The fourth-order valence-corrected chi connectivity index (χ4v) is 3.79. The molecule has 0 radical (unpaired) electrons. The number of halogens is 1. The van der Waals surface area contributed by atoms with Gasteiger partial charge in [-0.25, -0.2) is 8.42 Å². The molecule has 164 valence electrons. The Balaban J connectivity index is 0.00000450. The minimum atomic E-state index is -3.21. The highest BCUT2D eigenvalue weighted by molar-refractivity contribution is 14.0. The first-order valence-corrected chi connectivity index (χ1v) is 11.3. The van der Waals surface area contributed by atoms with Crippen molar-refractivity contribution in [1.82, 2.24) is 16.0 Å². The van der Waals surface area contributed by atoms with Crippen LogP contribution in [-0.4, -0.2) is 46.7 Å². The number of sulfone groups is 1. The number of benzene rings is 2. The lowest BCUT2D eigenvalue weighted by atomic mass is 10.1. The van der Waals surface area contributed by atoms with E-state index in [2.05, 4.69) is 20.9 Å². The van der Waals surface area contributed by atoms with Gasteiger partial charge in [0.2, 0.25) is 0 Å². The molecule has 0 aromatic heterocycles. The molecule has 0 spiro atoms. The van der Waals surface area contributed by atoms with Gasteiger partial charge in [0, 0.05) is 38.5 Å². The van der Waals surface area contributed by atoms with Gasteiger partial charge in [-0.2, -0.15) is 0 Å². The summed E-state index contributed by atoms with van der Waals surface area (Å²) in [5.74, 6) is 0.560. The van der Waals surface area contributed by atoms with Gasteiger partial charge < -0.3 is 16.0 Å². The van der Waals surface area contributed by atoms with E-state index in [0.717, 1.165) is 17.5 Å². The molecule has 0 aliphatic rings. The van der Waals surface area contributed by atoms with Crippen LogP contribution in [0.25, 0.3) is 0 Å². The van der Waals surface area contributed by atoms with Gasteiger partial charge in [-0.05, 0) is 42.7 Å². The second kappa shape index (κ2) is 12.5. The third-order valence-corrected chi connectivity index (χ3v) is 5.55. The number of hydrogen-bond donors (Lipinski definition) is 3. The third-order valence-electron chi connectivity index (χ3n) is 4.29. The molecule has 9 heteroatoms. The van der Waals surface area contributed by atoms with Crippen LogP contribution in [0.1, 0.15) is 27.9 Å². The van der Waals surface area contributed by atoms with E-state index in [0.29, 0.717) is 36.1 Å². The molecule has 0 aliphatic carbocycles. The van der Waals surface area contributed by atoms with Crippen LogP contribution in [0.5, 0.6) is 0 Å². The van der Waals surface area contributed by atoms with Crippen molar-refractivity contribution in [2.24, 2.45) is 4.99 Å².